The van der Waals surface area contributed by atoms with E-state index in [9.17, 15) is 18.0 Å². The average Bonchev–Trinajstić information content (AvgIpc) is 2.15. The standard InChI is InChI=1S/C8H12O7S/c9-7(10)5-1-3-6(4-2-5)8(11)15-16(12,13)14/h5-6H,1-4H2,(H,9,10)(H,12,13,14). The summed E-state index contributed by atoms with van der Waals surface area (Å²) in [5, 5.41) is 8.70. The Bertz CT molecular complexity index is 377. The molecule has 0 spiro atoms. The van der Waals surface area contributed by atoms with Crippen molar-refractivity contribution < 1.29 is 31.8 Å². The monoisotopic (exact) mass is 252 g/mol. The zero-order valence-corrected chi connectivity index (χ0v) is 9.14. The van der Waals surface area contributed by atoms with Crippen LogP contribution >= 0.6 is 0 Å². The van der Waals surface area contributed by atoms with E-state index in [-0.39, 0.29) is 12.8 Å². The Morgan fingerprint density at radius 2 is 1.50 bits per heavy atom. The zero-order chi connectivity index (χ0) is 12.3. The van der Waals surface area contributed by atoms with E-state index >= 15 is 0 Å². The van der Waals surface area contributed by atoms with Crippen LogP contribution in [-0.2, 0) is 24.2 Å². The summed E-state index contributed by atoms with van der Waals surface area (Å²) >= 11 is 0. The number of carboxylic acids is 1. The Hall–Kier alpha value is -1.15. The third kappa shape index (κ3) is 3.78. The maximum absolute atomic E-state index is 11.2. The molecule has 16 heavy (non-hydrogen) atoms. The van der Waals surface area contributed by atoms with E-state index < -0.39 is 34.2 Å². The van der Waals surface area contributed by atoms with Crippen molar-refractivity contribution in [1.29, 1.82) is 0 Å². The van der Waals surface area contributed by atoms with Crippen LogP contribution in [0.15, 0.2) is 0 Å². The van der Waals surface area contributed by atoms with Crippen LogP contribution in [0.2, 0.25) is 0 Å². The molecule has 1 rings (SSSR count). The van der Waals surface area contributed by atoms with Gasteiger partial charge < -0.3 is 9.29 Å². The molecular formula is C8H12O7S. The molecule has 0 radical (unpaired) electrons. The largest absolute Gasteiger partial charge is 0.481 e. The molecular weight excluding hydrogens is 240 g/mol. The number of carbonyl (C=O) groups excluding carboxylic acids is 1. The number of carbonyl (C=O) groups is 2. The zero-order valence-electron chi connectivity index (χ0n) is 8.33. The van der Waals surface area contributed by atoms with Gasteiger partial charge in [0, 0.05) is 0 Å². The molecule has 0 saturated heterocycles. The predicted molar refractivity (Wildman–Crippen MR) is 50.7 cm³/mol. The third-order valence-corrected chi connectivity index (χ3v) is 2.97. The molecule has 0 amide bonds. The second-order valence-corrected chi connectivity index (χ2v) is 4.74. The van der Waals surface area contributed by atoms with E-state index in [2.05, 4.69) is 4.18 Å². The van der Waals surface area contributed by atoms with E-state index in [0.717, 1.165) is 0 Å². The first-order valence-corrected chi connectivity index (χ1v) is 6.09. The van der Waals surface area contributed by atoms with Crippen molar-refractivity contribution in [2.24, 2.45) is 11.8 Å². The summed E-state index contributed by atoms with van der Waals surface area (Å²) in [6, 6.07) is 0. The Balaban J connectivity index is 2.48. The number of hydrogen-bond donors (Lipinski definition) is 2. The van der Waals surface area contributed by atoms with Gasteiger partial charge in [-0.3, -0.25) is 14.1 Å². The van der Waals surface area contributed by atoms with E-state index in [4.69, 9.17) is 9.66 Å². The highest BCUT2D eigenvalue weighted by Crippen LogP contribution is 2.29. The summed E-state index contributed by atoms with van der Waals surface area (Å²) < 4.78 is 32.7. The Kier molecular flexibility index (Phi) is 3.87. The van der Waals surface area contributed by atoms with Crippen LogP contribution in [0.5, 0.6) is 0 Å². The highest BCUT2D eigenvalue weighted by atomic mass is 32.3. The molecule has 8 heteroatoms. The van der Waals surface area contributed by atoms with Gasteiger partial charge in [0.25, 0.3) is 0 Å². The van der Waals surface area contributed by atoms with E-state index in [1.807, 2.05) is 0 Å². The minimum atomic E-state index is -4.77. The molecule has 0 heterocycles. The quantitative estimate of drug-likeness (QED) is 0.690. The van der Waals surface area contributed by atoms with Gasteiger partial charge in [-0.15, -0.1) is 0 Å². The molecule has 0 bridgehead atoms. The van der Waals surface area contributed by atoms with Crippen molar-refractivity contribution >= 4 is 22.3 Å². The average molecular weight is 252 g/mol. The smallest absolute Gasteiger partial charge is 0.448 e. The summed E-state index contributed by atoms with van der Waals surface area (Å²) in [6.45, 7) is 0. The maximum atomic E-state index is 11.2. The molecule has 0 unspecified atom stereocenters. The Labute approximate surface area is 92.4 Å². The van der Waals surface area contributed by atoms with Crippen molar-refractivity contribution in [2.45, 2.75) is 25.7 Å². The summed E-state index contributed by atoms with van der Waals surface area (Å²) in [5.41, 5.74) is 0. The molecule has 0 aromatic rings. The fourth-order valence-corrected chi connectivity index (χ4v) is 2.09. The van der Waals surface area contributed by atoms with Gasteiger partial charge in [-0.1, -0.05) is 0 Å². The summed E-state index contributed by atoms with van der Waals surface area (Å²) in [5.74, 6) is -3.08. The van der Waals surface area contributed by atoms with Crippen LogP contribution in [0.3, 0.4) is 0 Å². The van der Waals surface area contributed by atoms with Crippen molar-refractivity contribution in [3.63, 3.8) is 0 Å². The molecule has 0 aromatic carbocycles. The van der Waals surface area contributed by atoms with Crippen LogP contribution in [-0.4, -0.2) is 30.0 Å². The van der Waals surface area contributed by atoms with Crippen LogP contribution in [0.4, 0.5) is 0 Å². The summed E-state index contributed by atoms with van der Waals surface area (Å²) in [7, 11) is -4.77. The first kappa shape index (κ1) is 12.9. The Morgan fingerprint density at radius 1 is 1.06 bits per heavy atom. The number of rotatable bonds is 3. The highest BCUT2D eigenvalue weighted by Gasteiger charge is 2.32. The van der Waals surface area contributed by atoms with E-state index in [0.29, 0.717) is 12.8 Å². The van der Waals surface area contributed by atoms with Crippen LogP contribution < -0.4 is 0 Å². The highest BCUT2D eigenvalue weighted by molar-refractivity contribution is 7.81. The molecule has 92 valence electrons. The lowest BCUT2D eigenvalue weighted by atomic mass is 9.82. The fraction of sp³-hybridized carbons (Fsp3) is 0.750. The molecule has 7 nitrogen and oxygen atoms in total. The summed E-state index contributed by atoms with van der Waals surface area (Å²) in [4.78, 5) is 21.8. The molecule has 1 aliphatic carbocycles. The van der Waals surface area contributed by atoms with Crippen molar-refractivity contribution in [3.8, 4) is 0 Å². The lowest BCUT2D eigenvalue weighted by Crippen LogP contribution is -2.28. The molecule has 1 aliphatic rings. The van der Waals surface area contributed by atoms with Gasteiger partial charge >= 0.3 is 22.3 Å². The van der Waals surface area contributed by atoms with Gasteiger partial charge in [0.15, 0.2) is 0 Å². The third-order valence-electron chi connectivity index (χ3n) is 2.60. The van der Waals surface area contributed by atoms with E-state index in [1.54, 1.807) is 0 Å². The van der Waals surface area contributed by atoms with Gasteiger partial charge in [-0.05, 0) is 25.7 Å². The van der Waals surface area contributed by atoms with Crippen LogP contribution in [0.25, 0.3) is 0 Å². The van der Waals surface area contributed by atoms with Crippen molar-refractivity contribution in [3.05, 3.63) is 0 Å². The molecule has 2 N–H and O–H groups in total. The van der Waals surface area contributed by atoms with Gasteiger partial charge in [0.1, 0.15) is 0 Å². The molecule has 1 fully saturated rings. The Morgan fingerprint density at radius 3 is 1.88 bits per heavy atom. The van der Waals surface area contributed by atoms with Crippen LogP contribution in [0.1, 0.15) is 25.7 Å². The lowest BCUT2D eigenvalue weighted by molar-refractivity contribution is -0.147. The maximum Gasteiger partial charge on any atom is 0.448 e. The normalized spacial score (nSPS) is 26.1. The van der Waals surface area contributed by atoms with Gasteiger partial charge in [0.05, 0.1) is 11.8 Å². The summed E-state index contributed by atoms with van der Waals surface area (Å²) in [6.07, 6.45) is 1.12. The minimum Gasteiger partial charge on any atom is -0.481 e. The second kappa shape index (κ2) is 4.79. The molecule has 0 aromatic heterocycles. The number of hydrogen-bond acceptors (Lipinski definition) is 5. The van der Waals surface area contributed by atoms with Crippen molar-refractivity contribution in [1.82, 2.24) is 0 Å². The fourth-order valence-electron chi connectivity index (χ4n) is 1.75. The topological polar surface area (TPSA) is 118 Å². The first-order chi connectivity index (χ1) is 7.29. The first-order valence-electron chi connectivity index (χ1n) is 4.73. The van der Waals surface area contributed by atoms with Crippen LogP contribution in [0, 0.1) is 11.8 Å². The number of carboxylic acid groups (broad SMARTS) is 1. The number of aliphatic carboxylic acids is 1. The van der Waals surface area contributed by atoms with E-state index in [1.165, 1.54) is 0 Å². The second-order valence-electron chi connectivity index (χ2n) is 3.72. The minimum absolute atomic E-state index is 0.255. The van der Waals surface area contributed by atoms with Gasteiger partial charge in [0.2, 0.25) is 0 Å². The molecule has 1 saturated carbocycles. The SMILES string of the molecule is O=C(O)C1CCC(C(=O)OS(=O)(=O)O)CC1. The molecule has 0 atom stereocenters. The predicted octanol–water partition coefficient (Wildman–Crippen LogP) is 0.223. The van der Waals surface area contributed by atoms with Gasteiger partial charge in [-0.25, -0.2) is 0 Å². The molecule has 0 aliphatic heterocycles. The van der Waals surface area contributed by atoms with Crippen molar-refractivity contribution in [2.75, 3.05) is 0 Å². The lowest BCUT2D eigenvalue weighted by Gasteiger charge is -2.23. The van der Waals surface area contributed by atoms with Gasteiger partial charge in [-0.2, -0.15) is 8.42 Å².